The number of nitrogen functional groups attached to an aromatic ring is 1. The molecule has 1 aliphatic heterocycles. The Balaban J connectivity index is 2.12. The first-order valence-electron chi connectivity index (χ1n) is 6.94. The van der Waals surface area contributed by atoms with Gasteiger partial charge in [0.15, 0.2) is 0 Å². The topological polar surface area (TPSA) is 82.6 Å². The molecule has 1 fully saturated rings. The lowest BCUT2D eigenvalue weighted by atomic mass is 10.0. The molecule has 1 aromatic rings. The number of nitrogens with two attached hydrogens (primary N) is 1. The van der Waals surface area contributed by atoms with Crippen molar-refractivity contribution in [3.05, 3.63) is 34.3 Å². The molecule has 5 nitrogen and oxygen atoms in total. The molecule has 0 bridgehead atoms. The fraction of sp³-hybridized carbons (Fsp3) is 0.533. The van der Waals surface area contributed by atoms with E-state index >= 15 is 0 Å². The number of halogens is 1. The monoisotopic (exact) mass is 311 g/mol. The summed E-state index contributed by atoms with van der Waals surface area (Å²) in [5, 5.41) is 17.4. The molecule has 1 aromatic carbocycles. The summed E-state index contributed by atoms with van der Waals surface area (Å²) in [4.78, 5) is 2.22. The number of aliphatic hydroxyl groups is 1. The van der Waals surface area contributed by atoms with E-state index in [2.05, 4.69) is 4.90 Å². The second kappa shape index (κ2) is 6.32. The molecular formula is C15H22ClN3O2. The minimum atomic E-state index is -0.294. The van der Waals surface area contributed by atoms with Crippen molar-refractivity contribution in [1.82, 2.24) is 4.90 Å². The Bertz CT molecular complexity index is 534. The van der Waals surface area contributed by atoms with Gasteiger partial charge in [-0.3, -0.25) is 10.3 Å². The van der Waals surface area contributed by atoms with Crippen LogP contribution in [0.3, 0.4) is 0 Å². The molecule has 116 valence electrons. The Morgan fingerprint density at radius 2 is 2.29 bits per heavy atom. The van der Waals surface area contributed by atoms with Gasteiger partial charge < -0.3 is 15.6 Å². The molecule has 6 heteroatoms. The Morgan fingerprint density at radius 3 is 2.86 bits per heavy atom. The summed E-state index contributed by atoms with van der Waals surface area (Å²) in [6.07, 6.45) is -0.177. The summed E-state index contributed by atoms with van der Waals surface area (Å²) in [7, 11) is 0. The molecule has 1 atom stereocenters. The van der Waals surface area contributed by atoms with Crippen LogP contribution in [0, 0.1) is 5.41 Å². The number of nitrogens with zero attached hydrogens (tertiary/aromatic N) is 1. The van der Waals surface area contributed by atoms with Crippen LogP contribution in [-0.4, -0.2) is 47.2 Å². The summed E-state index contributed by atoms with van der Waals surface area (Å²) in [5.74, 6) is 0.0105. The number of morpholine rings is 1. The third kappa shape index (κ3) is 4.17. The van der Waals surface area contributed by atoms with Gasteiger partial charge >= 0.3 is 0 Å². The van der Waals surface area contributed by atoms with Gasteiger partial charge in [0.05, 0.1) is 18.3 Å². The molecule has 1 unspecified atom stereocenters. The molecule has 0 aliphatic carbocycles. The van der Waals surface area contributed by atoms with Crippen LogP contribution in [0.25, 0.3) is 0 Å². The average Bonchev–Trinajstić information content (AvgIpc) is 2.39. The van der Waals surface area contributed by atoms with Gasteiger partial charge in [0.2, 0.25) is 0 Å². The van der Waals surface area contributed by atoms with E-state index in [1.165, 1.54) is 0 Å². The Hall–Kier alpha value is -1.14. The van der Waals surface area contributed by atoms with Crippen LogP contribution in [0.4, 0.5) is 0 Å². The van der Waals surface area contributed by atoms with Crippen molar-refractivity contribution < 1.29 is 9.84 Å². The van der Waals surface area contributed by atoms with Crippen molar-refractivity contribution in [1.29, 1.82) is 5.41 Å². The Morgan fingerprint density at radius 1 is 1.57 bits per heavy atom. The maximum absolute atomic E-state index is 9.34. The third-order valence-electron chi connectivity index (χ3n) is 3.51. The van der Waals surface area contributed by atoms with E-state index in [1.54, 1.807) is 12.1 Å². The van der Waals surface area contributed by atoms with E-state index in [0.29, 0.717) is 23.7 Å². The van der Waals surface area contributed by atoms with Crippen molar-refractivity contribution in [3.63, 3.8) is 0 Å². The molecule has 0 radical (unpaired) electrons. The normalized spacial score (nSPS) is 22.2. The molecule has 0 amide bonds. The van der Waals surface area contributed by atoms with Crippen molar-refractivity contribution in [2.24, 2.45) is 5.73 Å². The number of ether oxygens (including phenoxy) is 1. The number of rotatable bonds is 4. The number of amidine groups is 1. The quantitative estimate of drug-likeness (QED) is 0.582. The largest absolute Gasteiger partial charge is 0.394 e. The zero-order valence-electron chi connectivity index (χ0n) is 12.4. The molecule has 2 rings (SSSR count). The van der Waals surface area contributed by atoms with Crippen LogP contribution in [0.1, 0.15) is 25.0 Å². The SMILES string of the molecule is CC1(C)CN(Cc2ccc(C(=N)N)cc2Cl)CC(CO)O1. The zero-order valence-corrected chi connectivity index (χ0v) is 13.2. The first-order chi connectivity index (χ1) is 9.80. The minimum Gasteiger partial charge on any atom is -0.394 e. The van der Waals surface area contributed by atoms with E-state index in [-0.39, 0.29) is 24.1 Å². The number of benzene rings is 1. The van der Waals surface area contributed by atoms with Crippen molar-refractivity contribution >= 4 is 17.4 Å². The first kappa shape index (κ1) is 16.2. The van der Waals surface area contributed by atoms with Gasteiger partial charge in [0.25, 0.3) is 0 Å². The van der Waals surface area contributed by atoms with Gasteiger partial charge in [-0.1, -0.05) is 23.7 Å². The van der Waals surface area contributed by atoms with E-state index in [4.69, 9.17) is 27.5 Å². The van der Waals surface area contributed by atoms with Gasteiger partial charge in [0.1, 0.15) is 5.84 Å². The highest BCUT2D eigenvalue weighted by atomic mass is 35.5. The second-order valence-electron chi connectivity index (χ2n) is 6.07. The second-order valence-corrected chi connectivity index (χ2v) is 6.48. The van der Waals surface area contributed by atoms with Crippen LogP contribution in [0.2, 0.25) is 5.02 Å². The summed E-state index contributed by atoms with van der Waals surface area (Å²) >= 11 is 6.27. The van der Waals surface area contributed by atoms with Gasteiger partial charge in [0, 0.05) is 30.2 Å². The van der Waals surface area contributed by atoms with Gasteiger partial charge in [-0.15, -0.1) is 0 Å². The van der Waals surface area contributed by atoms with Crippen LogP contribution in [0.15, 0.2) is 18.2 Å². The molecule has 0 aromatic heterocycles. The Kier molecular flexibility index (Phi) is 4.88. The van der Waals surface area contributed by atoms with Gasteiger partial charge in [-0.2, -0.15) is 0 Å². The molecule has 21 heavy (non-hydrogen) atoms. The smallest absolute Gasteiger partial charge is 0.122 e. The maximum Gasteiger partial charge on any atom is 0.122 e. The van der Waals surface area contributed by atoms with Crippen molar-refractivity contribution in [2.45, 2.75) is 32.1 Å². The highest BCUT2D eigenvalue weighted by Gasteiger charge is 2.33. The van der Waals surface area contributed by atoms with E-state index in [0.717, 1.165) is 12.1 Å². The minimum absolute atomic E-state index is 0.0105. The molecule has 1 heterocycles. The Labute approximate surface area is 130 Å². The lowest BCUT2D eigenvalue weighted by molar-refractivity contribution is -0.150. The summed E-state index contributed by atoms with van der Waals surface area (Å²) in [6.45, 7) is 6.17. The van der Waals surface area contributed by atoms with E-state index in [9.17, 15) is 5.11 Å². The number of aliphatic hydroxyl groups excluding tert-OH is 1. The zero-order chi connectivity index (χ0) is 15.6. The van der Waals surface area contributed by atoms with Gasteiger partial charge in [-0.25, -0.2) is 0 Å². The number of hydrogen-bond donors (Lipinski definition) is 3. The van der Waals surface area contributed by atoms with Crippen LogP contribution >= 0.6 is 11.6 Å². The lowest BCUT2D eigenvalue weighted by Gasteiger charge is -2.42. The molecule has 4 N–H and O–H groups in total. The fourth-order valence-electron chi connectivity index (χ4n) is 2.72. The fourth-order valence-corrected chi connectivity index (χ4v) is 2.96. The van der Waals surface area contributed by atoms with Crippen LogP contribution in [-0.2, 0) is 11.3 Å². The maximum atomic E-state index is 9.34. The van der Waals surface area contributed by atoms with Crippen LogP contribution < -0.4 is 5.73 Å². The van der Waals surface area contributed by atoms with Crippen molar-refractivity contribution in [2.75, 3.05) is 19.7 Å². The summed E-state index contributed by atoms with van der Waals surface area (Å²) < 4.78 is 5.80. The highest BCUT2D eigenvalue weighted by Crippen LogP contribution is 2.25. The summed E-state index contributed by atoms with van der Waals surface area (Å²) in [5.41, 5.74) is 6.77. The third-order valence-corrected chi connectivity index (χ3v) is 3.87. The molecule has 1 aliphatic rings. The first-order valence-corrected chi connectivity index (χ1v) is 7.32. The van der Waals surface area contributed by atoms with E-state index < -0.39 is 0 Å². The number of nitrogens with one attached hydrogen (secondary N) is 1. The number of hydrogen-bond acceptors (Lipinski definition) is 4. The van der Waals surface area contributed by atoms with Gasteiger partial charge in [-0.05, 0) is 25.5 Å². The van der Waals surface area contributed by atoms with Crippen LogP contribution in [0.5, 0.6) is 0 Å². The summed E-state index contributed by atoms with van der Waals surface area (Å²) in [6, 6.07) is 5.42. The standard InChI is InChI=1S/C15H22ClN3O2/c1-15(2)9-19(7-12(8-20)21-15)6-11-4-3-10(14(17)18)5-13(11)16/h3-5,12,20H,6-9H2,1-2H3,(H3,17,18). The molecular weight excluding hydrogens is 290 g/mol. The predicted molar refractivity (Wildman–Crippen MR) is 83.8 cm³/mol. The molecule has 1 saturated heterocycles. The average molecular weight is 312 g/mol. The molecule has 0 spiro atoms. The molecule has 0 saturated carbocycles. The predicted octanol–water partition coefficient (Wildman–Crippen LogP) is 1.60. The van der Waals surface area contributed by atoms with Crippen molar-refractivity contribution in [3.8, 4) is 0 Å². The van der Waals surface area contributed by atoms with E-state index in [1.807, 2.05) is 19.9 Å². The highest BCUT2D eigenvalue weighted by molar-refractivity contribution is 6.31. The lowest BCUT2D eigenvalue weighted by Crippen LogP contribution is -2.53.